The number of hydrogen-bond donors (Lipinski definition) is 1. The second-order valence-corrected chi connectivity index (χ2v) is 9.57. The second-order valence-electron chi connectivity index (χ2n) is 7.88. The highest BCUT2D eigenvalue weighted by molar-refractivity contribution is 7.92. The number of anilines is 1. The lowest BCUT2D eigenvalue weighted by Gasteiger charge is -2.14. The van der Waals surface area contributed by atoms with Crippen LogP contribution in [-0.2, 0) is 10.0 Å². The summed E-state index contributed by atoms with van der Waals surface area (Å²) in [4.78, 5) is 4.36. The molecule has 5 rings (SSSR count). The minimum Gasteiger partial charge on any atom is -0.493 e. The molecular weight excluding hydrogens is 483 g/mol. The van der Waals surface area contributed by atoms with Crippen LogP contribution in [0.5, 0.6) is 23.0 Å². The number of hydrogen-bond acceptors (Lipinski definition) is 6. The Morgan fingerprint density at radius 1 is 0.806 bits per heavy atom. The quantitative estimate of drug-likeness (QED) is 0.287. The molecule has 0 unspecified atom stereocenters. The van der Waals surface area contributed by atoms with Crippen LogP contribution < -0.4 is 18.9 Å². The molecule has 0 spiro atoms. The third-order valence-electron chi connectivity index (χ3n) is 5.65. The van der Waals surface area contributed by atoms with Crippen molar-refractivity contribution >= 4 is 37.4 Å². The van der Waals surface area contributed by atoms with Crippen LogP contribution in [0.3, 0.4) is 0 Å². The first kappa shape index (κ1) is 23.4. The summed E-state index contributed by atoms with van der Waals surface area (Å²) in [7, 11) is -0.770. The molecule has 0 atom stereocenters. The summed E-state index contributed by atoms with van der Waals surface area (Å²) in [5.74, 6) is 1.75. The summed E-state index contributed by atoms with van der Waals surface area (Å²) in [6, 6.07) is 20.6. The summed E-state index contributed by atoms with van der Waals surface area (Å²) in [6.07, 6.45) is 1.65. The zero-order valence-electron chi connectivity index (χ0n) is 19.4. The fourth-order valence-corrected chi connectivity index (χ4v) is 4.97. The average molecular weight is 505 g/mol. The van der Waals surface area contributed by atoms with Gasteiger partial charge in [-0.25, -0.2) is 12.8 Å². The van der Waals surface area contributed by atoms with Crippen LogP contribution in [0.2, 0.25) is 0 Å². The second kappa shape index (κ2) is 9.35. The Morgan fingerprint density at radius 3 is 2.31 bits per heavy atom. The number of benzene rings is 4. The molecule has 9 heteroatoms. The maximum Gasteiger partial charge on any atom is 0.261 e. The van der Waals surface area contributed by atoms with Crippen LogP contribution in [0, 0.1) is 5.82 Å². The number of halogens is 1. The number of sulfonamides is 1. The molecule has 4 aromatic carbocycles. The van der Waals surface area contributed by atoms with Crippen LogP contribution in [-0.4, -0.2) is 27.6 Å². The van der Waals surface area contributed by atoms with E-state index in [0.717, 1.165) is 22.9 Å². The van der Waals surface area contributed by atoms with Crippen molar-refractivity contribution in [1.82, 2.24) is 4.98 Å². The van der Waals surface area contributed by atoms with Gasteiger partial charge in [-0.2, -0.15) is 0 Å². The molecule has 5 aromatic rings. The molecule has 0 aliphatic carbocycles. The maximum absolute atomic E-state index is 13.2. The van der Waals surface area contributed by atoms with Gasteiger partial charge in [-0.15, -0.1) is 0 Å². The van der Waals surface area contributed by atoms with E-state index < -0.39 is 15.8 Å². The highest BCUT2D eigenvalue weighted by Crippen LogP contribution is 2.38. The normalized spacial score (nSPS) is 11.4. The third-order valence-corrected chi connectivity index (χ3v) is 7.04. The Balaban J connectivity index is 1.48. The molecule has 0 amide bonds. The molecule has 7 nitrogen and oxygen atoms in total. The molecule has 182 valence electrons. The summed E-state index contributed by atoms with van der Waals surface area (Å²) in [5, 5.41) is 2.20. The molecular formula is C27H21FN2O5S. The van der Waals surface area contributed by atoms with Gasteiger partial charge in [-0.1, -0.05) is 12.1 Å². The van der Waals surface area contributed by atoms with E-state index in [4.69, 9.17) is 14.2 Å². The smallest absolute Gasteiger partial charge is 0.261 e. The SMILES string of the molecule is COc1cc2nccc(Oc3ccc4c(NS(=O)(=O)c5ccc(F)cc5)cccc4c3)c2cc1OC. The predicted octanol–water partition coefficient (Wildman–Crippen LogP) is 6.14. The van der Waals surface area contributed by atoms with Crippen LogP contribution in [0.25, 0.3) is 21.7 Å². The van der Waals surface area contributed by atoms with Crippen molar-refractivity contribution in [2.75, 3.05) is 18.9 Å². The van der Waals surface area contributed by atoms with Crippen molar-refractivity contribution in [2.24, 2.45) is 0 Å². The number of aromatic nitrogens is 1. The lowest BCUT2D eigenvalue weighted by molar-refractivity contribution is 0.355. The molecule has 0 aliphatic rings. The van der Waals surface area contributed by atoms with Crippen LogP contribution in [0.15, 0.2) is 90.0 Å². The molecule has 0 fully saturated rings. The maximum atomic E-state index is 13.2. The molecule has 36 heavy (non-hydrogen) atoms. The summed E-state index contributed by atoms with van der Waals surface area (Å²) < 4.78 is 58.4. The van der Waals surface area contributed by atoms with E-state index >= 15 is 0 Å². The Kier molecular flexibility index (Phi) is 6.07. The van der Waals surface area contributed by atoms with E-state index in [9.17, 15) is 12.8 Å². The number of rotatable bonds is 7. The number of ether oxygens (including phenoxy) is 3. The van der Waals surface area contributed by atoms with Gasteiger partial charge in [-0.3, -0.25) is 9.71 Å². The average Bonchev–Trinajstić information content (AvgIpc) is 2.88. The lowest BCUT2D eigenvalue weighted by atomic mass is 10.1. The van der Waals surface area contributed by atoms with Gasteiger partial charge < -0.3 is 14.2 Å². The lowest BCUT2D eigenvalue weighted by Crippen LogP contribution is -2.13. The Bertz CT molecular complexity index is 1690. The molecule has 0 bridgehead atoms. The molecule has 0 saturated heterocycles. The van der Waals surface area contributed by atoms with Gasteiger partial charge in [-0.05, 0) is 66.0 Å². The van der Waals surface area contributed by atoms with Crippen molar-refractivity contribution in [2.45, 2.75) is 4.90 Å². The first-order valence-electron chi connectivity index (χ1n) is 10.9. The summed E-state index contributed by atoms with van der Waals surface area (Å²) in [6.45, 7) is 0. The number of nitrogens with one attached hydrogen (secondary N) is 1. The van der Waals surface area contributed by atoms with Gasteiger partial charge in [0.05, 0.1) is 30.3 Å². The van der Waals surface area contributed by atoms with Crippen molar-refractivity contribution in [3.63, 3.8) is 0 Å². The van der Waals surface area contributed by atoms with Crippen molar-refractivity contribution in [3.05, 3.63) is 90.9 Å². The fraction of sp³-hybridized carbons (Fsp3) is 0.0741. The third kappa shape index (κ3) is 4.48. The first-order chi connectivity index (χ1) is 17.4. The Morgan fingerprint density at radius 2 is 1.56 bits per heavy atom. The molecule has 1 aromatic heterocycles. The minimum absolute atomic E-state index is 0.0301. The van der Waals surface area contributed by atoms with E-state index in [1.54, 1.807) is 62.9 Å². The Labute approximate surface area is 207 Å². The number of fused-ring (bicyclic) bond motifs is 2. The standard InChI is InChI=1S/C27H21FN2O5S/c1-33-26-15-22-24(16-27(26)34-2)29-13-12-25(22)35-19-8-11-21-17(14-19)4-3-5-23(21)30-36(31,32)20-9-6-18(28)7-10-20/h3-16,30H,1-2H3. The summed E-state index contributed by atoms with van der Waals surface area (Å²) >= 11 is 0. The van der Waals surface area contributed by atoms with Crippen LogP contribution >= 0.6 is 0 Å². The van der Waals surface area contributed by atoms with Crippen LogP contribution in [0.4, 0.5) is 10.1 Å². The first-order valence-corrected chi connectivity index (χ1v) is 12.4. The molecule has 1 N–H and O–H groups in total. The predicted molar refractivity (Wildman–Crippen MR) is 136 cm³/mol. The van der Waals surface area contributed by atoms with Gasteiger partial charge in [0.25, 0.3) is 10.0 Å². The Hall–Kier alpha value is -4.37. The highest BCUT2D eigenvalue weighted by atomic mass is 32.2. The monoisotopic (exact) mass is 504 g/mol. The largest absolute Gasteiger partial charge is 0.493 e. The highest BCUT2D eigenvalue weighted by Gasteiger charge is 2.16. The van der Waals surface area contributed by atoms with E-state index in [1.807, 2.05) is 12.1 Å². The van der Waals surface area contributed by atoms with Crippen molar-refractivity contribution in [1.29, 1.82) is 0 Å². The van der Waals surface area contributed by atoms with E-state index in [1.165, 1.54) is 12.1 Å². The molecule has 0 radical (unpaired) electrons. The van der Waals surface area contributed by atoms with E-state index in [2.05, 4.69) is 9.71 Å². The topological polar surface area (TPSA) is 86.8 Å². The van der Waals surface area contributed by atoms with Gasteiger partial charge in [0, 0.05) is 23.0 Å². The number of nitrogens with zero attached hydrogens (tertiary/aromatic N) is 1. The van der Waals surface area contributed by atoms with Gasteiger partial charge in [0.2, 0.25) is 0 Å². The van der Waals surface area contributed by atoms with Crippen molar-refractivity contribution < 1.29 is 27.0 Å². The van der Waals surface area contributed by atoms with Gasteiger partial charge in [0.15, 0.2) is 11.5 Å². The zero-order chi connectivity index (χ0) is 25.3. The summed E-state index contributed by atoms with van der Waals surface area (Å²) in [5.41, 5.74) is 1.08. The molecule has 0 aliphatic heterocycles. The van der Waals surface area contributed by atoms with E-state index in [-0.39, 0.29) is 4.90 Å². The number of methoxy groups -OCH3 is 2. The van der Waals surface area contributed by atoms with Crippen molar-refractivity contribution in [3.8, 4) is 23.0 Å². The number of pyridine rings is 1. The van der Waals surface area contributed by atoms with Gasteiger partial charge >= 0.3 is 0 Å². The van der Waals surface area contributed by atoms with E-state index in [0.29, 0.717) is 39.6 Å². The van der Waals surface area contributed by atoms with Crippen LogP contribution in [0.1, 0.15) is 0 Å². The molecule has 0 saturated carbocycles. The fourth-order valence-electron chi connectivity index (χ4n) is 3.90. The zero-order valence-corrected chi connectivity index (χ0v) is 20.2. The minimum atomic E-state index is -3.89. The van der Waals surface area contributed by atoms with Gasteiger partial charge in [0.1, 0.15) is 17.3 Å². The molecule has 1 heterocycles.